The first-order valence-corrected chi connectivity index (χ1v) is 8.46. The van der Waals surface area contributed by atoms with Crippen LogP contribution < -0.4 is 9.98 Å². The number of rotatable bonds is 5. The summed E-state index contributed by atoms with van der Waals surface area (Å²) in [5.41, 5.74) is 1.83. The maximum atomic E-state index is 12.4. The van der Waals surface area contributed by atoms with Gasteiger partial charge in [-0.3, -0.25) is 19.9 Å². The standard InChI is InChI=1S/C20H23N5O2/c1-20(2,3)14-8-6-13(7-9-14)18(27)23-15(12-26)10-16(21)17-11-22-19(24-17)25(4)5/h6-12H,1-5H3,(H-,21,23,27)/p+1. The van der Waals surface area contributed by atoms with E-state index in [-0.39, 0.29) is 16.8 Å². The van der Waals surface area contributed by atoms with E-state index in [1.165, 1.54) is 12.3 Å². The zero-order valence-electron chi connectivity index (χ0n) is 16.2. The second-order valence-electron chi connectivity index (χ2n) is 7.36. The molecule has 1 aliphatic rings. The van der Waals surface area contributed by atoms with E-state index in [0.29, 0.717) is 23.5 Å². The van der Waals surface area contributed by atoms with Gasteiger partial charge >= 0.3 is 5.96 Å². The molecule has 1 aliphatic heterocycles. The number of guanidine groups is 1. The van der Waals surface area contributed by atoms with E-state index in [1.807, 2.05) is 12.1 Å². The molecule has 0 saturated heterocycles. The van der Waals surface area contributed by atoms with Crippen LogP contribution in [0.3, 0.4) is 0 Å². The van der Waals surface area contributed by atoms with Crippen LogP contribution in [-0.4, -0.2) is 54.8 Å². The second kappa shape index (κ2) is 7.93. The van der Waals surface area contributed by atoms with Crippen LogP contribution in [0.15, 0.2) is 41.0 Å². The SMILES string of the molecule is CN(C)C1=[N+]=CC(C(=N)/C=C(\C=O)NC(=O)c2ccc(C(C)(C)C)cc2)=N1. The van der Waals surface area contributed by atoms with Gasteiger partial charge in [-0.1, -0.05) is 37.9 Å². The Hall–Kier alpha value is -3.31. The van der Waals surface area contributed by atoms with Crippen molar-refractivity contribution in [2.24, 2.45) is 4.99 Å². The van der Waals surface area contributed by atoms with Gasteiger partial charge in [-0.2, -0.15) is 0 Å². The topological polar surface area (TPSA) is 99.7 Å². The molecule has 1 aromatic rings. The Labute approximate surface area is 158 Å². The lowest BCUT2D eigenvalue weighted by molar-refractivity contribution is -0.105. The summed E-state index contributed by atoms with van der Waals surface area (Å²) in [4.78, 5) is 29.6. The number of nitrogens with zero attached hydrogens (tertiary/aromatic N) is 3. The van der Waals surface area contributed by atoms with Gasteiger partial charge in [-0.05, 0) is 29.2 Å². The first-order valence-electron chi connectivity index (χ1n) is 8.46. The molecule has 0 saturated carbocycles. The van der Waals surface area contributed by atoms with Crippen LogP contribution in [-0.2, 0) is 10.2 Å². The minimum absolute atomic E-state index is 0.00999. The number of carbonyl (C=O) groups excluding carboxylic acids is 2. The molecule has 0 aromatic heterocycles. The van der Waals surface area contributed by atoms with Crippen molar-refractivity contribution in [1.29, 1.82) is 5.41 Å². The summed E-state index contributed by atoms with van der Waals surface area (Å²) in [6.45, 7) is 6.28. The third kappa shape index (κ3) is 5.09. The second-order valence-corrected chi connectivity index (χ2v) is 7.36. The van der Waals surface area contributed by atoms with E-state index >= 15 is 0 Å². The van der Waals surface area contributed by atoms with Gasteiger partial charge in [0.15, 0.2) is 6.29 Å². The molecule has 0 aliphatic carbocycles. The molecule has 0 bridgehead atoms. The summed E-state index contributed by atoms with van der Waals surface area (Å²) < 4.78 is 4.08. The minimum atomic E-state index is -0.413. The number of aldehydes is 1. The first-order chi connectivity index (χ1) is 12.6. The Kier molecular flexibility index (Phi) is 5.88. The van der Waals surface area contributed by atoms with Gasteiger partial charge in [0.25, 0.3) is 5.91 Å². The number of aliphatic imine (C=N–C) groups is 1. The van der Waals surface area contributed by atoms with Gasteiger partial charge in [0.1, 0.15) is 5.71 Å². The van der Waals surface area contributed by atoms with Crippen LogP contribution in [0.25, 0.3) is 0 Å². The fraction of sp³-hybridized carbons (Fsp3) is 0.300. The highest BCUT2D eigenvalue weighted by molar-refractivity contribution is 6.66. The van der Waals surface area contributed by atoms with E-state index in [4.69, 9.17) is 5.41 Å². The van der Waals surface area contributed by atoms with E-state index in [9.17, 15) is 9.59 Å². The number of hydrogen-bond acceptors (Lipinski definition) is 5. The minimum Gasteiger partial charge on any atom is -0.319 e. The van der Waals surface area contributed by atoms with Crippen molar-refractivity contribution >= 4 is 35.8 Å². The number of amides is 1. The summed E-state index contributed by atoms with van der Waals surface area (Å²) >= 11 is 0. The van der Waals surface area contributed by atoms with E-state index in [2.05, 4.69) is 35.7 Å². The van der Waals surface area contributed by atoms with Crippen molar-refractivity contribution < 1.29 is 9.59 Å². The average Bonchev–Trinajstić information content (AvgIpc) is 3.11. The zero-order valence-corrected chi connectivity index (χ0v) is 16.2. The monoisotopic (exact) mass is 366 g/mol. The molecule has 27 heavy (non-hydrogen) atoms. The predicted molar refractivity (Wildman–Crippen MR) is 109 cm³/mol. The molecule has 7 heteroatoms. The molecule has 1 amide bonds. The molecule has 7 nitrogen and oxygen atoms in total. The highest BCUT2D eigenvalue weighted by Crippen LogP contribution is 2.22. The van der Waals surface area contributed by atoms with Crippen molar-refractivity contribution in [3.63, 3.8) is 0 Å². The zero-order chi connectivity index (χ0) is 20.2. The molecule has 0 atom stereocenters. The lowest BCUT2D eigenvalue weighted by Gasteiger charge is -2.19. The number of benzene rings is 1. The van der Waals surface area contributed by atoms with Crippen LogP contribution in [0, 0.1) is 5.41 Å². The van der Waals surface area contributed by atoms with Crippen LogP contribution >= 0.6 is 0 Å². The van der Waals surface area contributed by atoms with Gasteiger partial charge in [0, 0.05) is 5.56 Å². The summed E-state index contributed by atoms with van der Waals surface area (Å²) in [6, 6.07) is 7.22. The number of hydrogen-bond donors (Lipinski definition) is 2. The summed E-state index contributed by atoms with van der Waals surface area (Å²) in [6.07, 6.45) is 3.21. The maximum Gasteiger partial charge on any atom is 0.482 e. The Morgan fingerprint density at radius 1 is 1.22 bits per heavy atom. The van der Waals surface area contributed by atoms with Crippen LogP contribution in [0.2, 0.25) is 0 Å². The van der Waals surface area contributed by atoms with E-state index in [0.717, 1.165) is 5.56 Å². The van der Waals surface area contributed by atoms with Crippen molar-refractivity contribution in [3.05, 3.63) is 47.2 Å². The maximum absolute atomic E-state index is 12.4. The van der Waals surface area contributed by atoms with Gasteiger partial charge in [0.2, 0.25) is 11.9 Å². The molecular formula is C20H24N5O2+. The van der Waals surface area contributed by atoms with Crippen LogP contribution in [0.1, 0.15) is 36.7 Å². The number of allylic oxidation sites excluding steroid dienone is 2. The van der Waals surface area contributed by atoms with Gasteiger partial charge < -0.3 is 5.32 Å². The lowest BCUT2D eigenvalue weighted by atomic mass is 9.87. The van der Waals surface area contributed by atoms with E-state index in [1.54, 1.807) is 31.1 Å². The van der Waals surface area contributed by atoms with Gasteiger partial charge in [-0.15, -0.1) is 0 Å². The Morgan fingerprint density at radius 3 is 2.33 bits per heavy atom. The third-order valence-electron chi connectivity index (χ3n) is 3.90. The summed E-state index contributed by atoms with van der Waals surface area (Å²) in [5.74, 6) is 0.0583. The molecule has 0 fully saturated rings. The van der Waals surface area contributed by atoms with Crippen molar-refractivity contribution in [2.75, 3.05) is 14.1 Å². The summed E-state index contributed by atoms with van der Waals surface area (Å²) in [5, 5.41) is 10.6. The van der Waals surface area contributed by atoms with Crippen molar-refractivity contribution in [1.82, 2.24) is 14.9 Å². The molecular weight excluding hydrogens is 342 g/mol. The molecule has 1 aromatic carbocycles. The molecule has 2 rings (SSSR count). The number of carbonyl (C=O) groups is 2. The highest BCUT2D eigenvalue weighted by Gasteiger charge is 2.22. The smallest absolute Gasteiger partial charge is 0.319 e. The van der Waals surface area contributed by atoms with E-state index < -0.39 is 5.91 Å². The largest absolute Gasteiger partial charge is 0.482 e. The Balaban J connectivity index is 2.10. The highest BCUT2D eigenvalue weighted by atomic mass is 16.2. The molecule has 1 heterocycles. The molecule has 0 spiro atoms. The van der Waals surface area contributed by atoms with Gasteiger partial charge in [-0.25, -0.2) is 4.67 Å². The fourth-order valence-corrected chi connectivity index (χ4v) is 2.28. The van der Waals surface area contributed by atoms with Crippen molar-refractivity contribution in [2.45, 2.75) is 26.2 Å². The normalized spacial score (nSPS) is 13.7. The predicted octanol–water partition coefficient (Wildman–Crippen LogP) is 1.33. The third-order valence-corrected chi connectivity index (χ3v) is 3.90. The number of nitrogens with one attached hydrogen (secondary N) is 2. The Morgan fingerprint density at radius 2 is 1.85 bits per heavy atom. The molecule has 0 unspecified atom stereocenters. The fourth-order valence-electron chi connectivity index (χ4n) is 2.28. The molecule has 0 radical (unpaired) electrons. The van der Waals surface area contributed by atoms with Crippen molar-refractivity contribution in [3.8, 4) is 0 Å². The molecule has 2 N–H and O–H groups in total. The summed E-state index contributed by atoms with van der Waals surface area (Å²) in [7, 11) is 3.58. The van der Waals surface area contributed by atoms with Crippen LogP contribution in [0.5, 0.6) is 0 Å². The quantitative estimate of drug-likeness (QED) is 0.356. The Bertz CT molecular complexity index is 893. The van der Waals surface area contributed by atoms with Gasteiger partial charge in [0.05, 0.1) is 19.8 Å². The lowest BCUT2D eigenvalue weighted by Crippen LogP contribution is -2.25. The first kappa shape index (κ1) is 20.0. The average molecular weight is 366 g/mol. The molecule has 140 valence electrons. The van der Waals surface area contributed by atoms with Crippen LogP contribution in [0.4, 0.5) is 0 Å².